The molecule has 0 aliphatic carbocycles. The Morgan fingerprint density at radius 2 is 1.72 bits per heavy atom. The van der Waals surface area contributed by atoms with E-state index in [2.05, 4.69) is 16.0 Å². The van der Waals surface area contributed by atoms with Gasteiger partial charge in [0.05, 0.1) is 5.56 Å². The molecule has 0 atom stereocenters. The minimum absolute atomic E-state index is 0.145. The number of carbonyl (C=O) groups is 4. The molecule has 1 rings (SSSR count). The smallest absolute Gasteiger partial charge is 0.338 e. The van der Waals surface area contributed by atoms with E-state index in [0.717, 1.165) is 18.4 Å². The van der Waals surface area contributed by atoms with Gasteiger partial charge in [-0.3, -0.25) is 14.9 Å². The number of unbranched alkanes of at least 4 members (excludes halogenated alkanes) is 1. The Morgan fingerprint density at radius 1 is 1.04 bits per heavy atom. The molecule has 0 aliphatic heterocycles. The quantitative estimate of drug-likeness (QED) is 0.480. The van der Waals surface area contributed by atoms with Crippen molar-refractivity contribution in [1.82, 2.24) is 16.0 Å². The highest BCUT2D eigenvalue weighted by Gasteiger charge is 2.12. The van der Waals surface area contributed by atoms with Crippen LogP contribution in [0, 0.1) is 0 Å². The summed E-state index contributed by atoms with van der Waals surface area (Å²) in [5.74, 6) is -1.52. The average molecular weight is 349 g/mol. The molecule has 0 bridgehead atoms. The Morgan fingerprint density at radius 3 is 2.32 bits per heavy atom. The molecule has 1 aromatic carbocycles. The zero-order chi connectivity index (χ0) is 18.7. The Labute approximate surface area is 146 Å². The first-order chi connectivity index (χ1) is 11.9. The van der Waals surface area contributed by atoms with E-state index in [4.69, 9.17) is 4.74 Å². The molecule has 136 valence electrons. The molecule has 0 fully saturated rings. The maximum absolute atomic E-state index is 11.9. The van der Waals surface area contributed by atoms with Gasteiger partial charge in [0.2, 0.25) is 5.91 Å². The van der Waals surface area contributed by atoms with Crippen molar-refractivity contribution in [2.24, 2.45) is 0 Å². The van der Waals surface area contributed by atoms with E-state index in [-0.39, 0.29) is 11.5 Å². The van der Waals surface area contributed by atoms with E-state index in [1.807, 2.05) is 6.92 Å². The number of amides is 4. The largest absolute Gasteiger partial charge is 0.452 e. The van der Waals surface area contributed by atoms with Gasteiger partial charge in [-0.25, -0.2) is 9.59 Å². The van der Waals surface area contributed by atoms with Crippen molar-refractivity contribution in [2.45, 2.75) is 33.2 Å². The van der Waals surface area contributed by atoms with Crippen LogP contribution in [0.3, 0.4) is 0 Å². The number of imide groups is 1. The fraction of sp³-hybridized carbons (Fsp3) is 0.412. The summed E-state index contributed by atoms with van der Waals surface area (Å²) < 4.78 is 4.85. The molecule has 0 aliphatic rings. The van der Waals surface area contributed by atoms with Gasteiger partial charge in [-0.1, -0.05) is 25.5 Å². The van der Waals surface area contributed by atoms with Crippen LogP contribution in [0.25, 0.3) is 0 Å². The lowest BCUT2D eigenvalue weighted by Crippen LogP contribution is -2.41. The van der Waals surface area contributed by atoms with Gasteiger partial charge in [-0.05, 0) is 24.1 Å². The summed E-state index contributed by atoms with van der Waals surface area (Å²) in [4.78, 5) is 45.6. The highest BCUT2D eigenvalue weighted by atomic mass is 16.5. The van der Waals surface area contributed by atoms with Gasteiger partial charge < -0.3 is 15.4 Å². The van der Waals surface area contributed by atoms with Crippen molar-refractivity contribution in [3.05, 3.63) is 35.4 Å². The summed E-state index contributed by atoms with van der Waals surface area (Å²) >= 11 is 0. The monoisotopic (exact) mass is 349 g/mol. The molecule has 3 N–H and O–H groups in total. The van der Waals surface area contributed by atoms with Gasteiger partial charge in [0.25, 0.3) is 5.91 Å². The van der Waals surface area contributed by atoms with Crippen LogP contribution < -0.4 is 16.0 Å². The lowest BCUT2D eigenvalue weighted by atomic mass is 10.1. The van der Waals surface area contributed by atoms with Crippen LogP contribution in [0.5, 0.6) is 0 Å². The second-order valence-electron chi connectivity index (χ2n) is 5.34. The molecule has 4 amide bonds. The van der Waals surface area contributed by atoms with Gasteiger partial charge in [-0.15, -0.1) is 0 Å². The molecule has 8 heteroatoms. The maximum atomic E-state index is 11.9. The Bertz CT molecular complexity index is 613. The molecule has 0 radical (unpaired) electrons. The minimum atomic E-state index is -0.704. The summed E-state index contributed by atoms with van der Waals surface area (Å²) in [5.41, 5.74) is 1.10. The predicted molar refractivity (Wildman–Crippen MR) is 90.7 cm³/mol. The molecule has 0 heterocycles. The van der Waals surface area contributed by atoms with Crippen molar-refractivity contribution >= 4 is 23.8 Å². The van der Waals surface area contributed by atoms with E-state index in [1.165, 1.54) is 19.1 Å². The second kappa shape index (κ2) is 10.8. The number of nitrogens with one attached hydrogen (secondary N) is 3. The predicted octanol–water partition coefficient (Wildman–Crippen LogP) is 1.11. The van der Waals surface area contributed by atoms with E-state index in [1.54, 1.807) is 12.1 Å². The first-order valence-corrected chi connectivity index (χ1v) is 8.00. The first kappa shape index (κ1) is 20.1. The number of hydrogen-bond acceptors (Lipinski definition) is 5. The van der Waals surface area contributed by atoms with E-state index in [9.17, 15) is 19.2 Å². The average Bonchev–Trinajstić information content (AvgIpc) is 2.58. The van der Waals surface area contributed by atoms with Crippen LogP contribution in [0.4, 0.5) is 4.79 Å². The molecular formula is C17H23N3O5. The van der Waals surface area contributed by atoms with Crippen molar-refractivity contribution in [3.63, 3.8) is 0 Å². The standard InChI is InChI=1S/C17H23N3O5/c1-3-4-9-18-17(24)20-15(22)11-25-16(23)14-7-5-13(6-8-14)10-19-12(2)21/h5-8H,3-4,9-11H2,1-2H3,(H,19,21)(H2,18,20,22,24). The number of rotatable bonds is 8. The molecule has 1 aromatic rings. The van der Waals surface area contributed by atoms with Gasteiger partial charge in [-0.2, -0.15) is 0 Å². The van der Waals surface area contributed by atoms with Crippen LogP contribution in [-0.4, -0.2) is 37.0 Å². The maximum Gasteiger partial charge on any atom is 0.338 e. The zero-order valence-electron chi connectivity index (χ0n) is 14.4. The summed E-state index contributed by atoms with van der Waals surface area (Å²) in [7, 11) is 0. The molecule has 0 spiro atoms. The lowest BCUT2D eigenvalue weighted by molar-refractivity contribution is -0.123. The minimum Gasteiger partial charge on any atom is -0.452 e. The molecule has 0 unspecified atom stereocenters. The van der Waals surface area contributed by atoms with Gasteiger partial charge in [0, 0.05) is 20.0 Å². The SMILES string of the molecule is CCCCNC(=O)NC(=O)COC(=O)c1ccc(CNC(C)=O)cc1. The van der Waals surface area contributed by atoms with Gasteiger partial charge >= 0.3 is 12.0 Å². The molecule has 0 saturated carbocycles. The molecule has 0 aromatic heterocycles. The third kappa shape index (κ3) is 8.50. The van der Waals surface area contributed by atoms with Crippen LogP contribution in [0.15, 0.2) is 24.3 Å². The van der Waals surface area contributed by atoms with E-state index < -0.39 is 24.5 Å². The van der Waals surface area contributed by atoms with Gasteiger partial charge in [0.15, 0.2) is 6.61 Å². The van der Waals surface area contributed by atoms with Crippen LogP contribution in [0.2, 0.25) is 0 Å². The summed E-state index contributed by atoms with van der Waals surface area (Å²) in [5, 5.41) is 7.24. The number of hydrogen-bond donors (Lipinski definition) is 3. The summed E-state index contributed by atoms with van der Waals surface area (Å²) in [6, 6.07) is 5.81. The molecule has 8 nitrogen and oxygen atoms in total. The fourth-order valence-electron chi connectivity index (χ4n) is 1.79. The fourth-order valence-corrected chi connectivity index (χ4v) is 1.79. The number of ether oxygens (including phenoxy) is 1. The molecular weight excluding hydrogens is 326 g/mol. The normalized spacial score (nSPS) is 9.84. The first-order valence-electron chi connectivity index (χ1n) is 8.00. The second-order valence-corrected chi connectivity index (χ2v) is 5.34. The summed E-state index contributed by atoms with van der Waals surface area (Å²) in [6.07, 6.45) is 1.74. The van der Waals surface area contributed by atoms with E-state index >= 15 is 0 Å². The molecule has 0 saturated heterocycles. The Balaban J connectivity index is 2.36. The highest BCUT2D eigenvalue weighted by molar-refractivity contribution is 5.97. The third-order valence-electron chi connectivity index (χ3n) is 3.13. The van der Waals surface area contributed by atoms with E-state index in [0.29, 0.717) is 13.1 Å². The number of carbonyl (C=O) groups excluding carboxylic acids is 4. The van der Waals surface area contributed by atoms with Crippen molar-refractivity contribution < 1.29 is 23.9 Å². The van der Waals surface area contributed by atoms with Crippen molar-refractivity contribution in [3.8, 4) is 0 Å². The number of benzene rings is 1. The zero-order valence-corrected chi connectivity index (χ0v) is 14.4. The topological polar surface area (TPSA) is 114 Å². The number of esters is 1. The highest BCUT2D eigenvalue weighted by Crippen LogP contribution is 2.06. The van der Waals surface area contributed by atoms with Crippen molar-refractivity contribution in [2.75, 3.05) is 13.2 Å². The molecule has 25 heavy (non-hydrogen) atoms. The van der Waals surface area contributed by atoms with Crippen LogP contribution in [0.1, 0.15) is 42.6 Å². The van der Waals surface area contributed by atoms with Crippen LogP contribution in [-0.2, 0) is 20.9 Å². The van der Waals surface area contributed by atoms with Crippen molar-refractivity contribution in [1.29, 1.82) is 0 Å². The summed E-state index contributed by atoms with van der Waals surface area (Å²) in [6.45, 7) is 3.69. The third-order valence-corrected chi connectivity index (χ3v) is 3.13. The van der Waals surface area contributed by atoms with Crippen LogP contribution >= 0.6 is 0 Å². The Kier molecular flexibility index (Phi) is 8.70. The Hall–Kier alpha value is -2.90. The lowest BCUT2D eigenvalue weighted by Gasteiger charge is -2.08. The van der Waals surface area contributed by atoms with Gasteiger partial charge in [0.1, 0.15) is 0 Å². The number of urea groups is 1.